The van der Waals surface area contributed by atoms with Crippen LogP contribution in [-0.4, -0.2) is 11.8 Å². The molecule has 144 valence electrons. The highest BCUT2D eigenvalue weighted by atomic mass is 19.4. The number of nitrogens with one attached hydrogen (secondary N) is 2. The van der Waals surface area contributed by atoms with Crippen LogP contribution in [0.5, 0.6) is 0 Å². The van der Waals surface area contributed by atoms with Crippen molar-refractivity contribution in [1.82, 2.24) is 5.32 Å². The molecule has 0 spiro atoms. The van der Waals surface area contributed by atoms with Gasteiger partial charge < -0.3 is 15.1 Å². The van der Waals surface area contributed by atoms with Crippen LogP contribution in [0.2, 0.25) is 0 Å². The van der Waals surface area contributed by atoms with Crippen LogP contribution in [0.25, 0.3) is 0 Å². The molecule has 8 heteroatoms. The maximum atomic E-state index is 12.7. The molecule has 3 rings (SSSR count). The van der Waals surface area contributed by atoms with E-state index in [4.69, 9.17) is 4.42 Å². The average molecular weight is 388 g/mol. The summed E-state index contributed by atoms with van der Waals surface area (Å²) in [6, 6.07) is 14.0. The quantitative estimate of drug-likeness (QED) is 0.677. The van der Waals surface area contributed by atoms with E-state index >= 15 is 0 Å². The van der Waals surface area contributed by atoms with Gasteiger partial charge in [0.25, 0.3) is 11.8 Å². The third kappa shape index (κ3) is 4.79. The summed E-state index contributed by atoms with van der Waals surface area (Å²) in [4.78, 5) is 24.0. The minimum Gasteiger partial charge on any atom is -0.459 e. The largest absolute Gasteiger partial charge is 0.459 e. The number of carbonyl (C=O) groups is 2. The molecule has 0 saturated carbocycles. The van der Waals surface area contributed by atoms with Crippen molar-refractivity contribution in [2.45, 2.75) is 12.7 Å². The standard InChI is InChI=1S/C20H15F3N2O3/c21-20(22,23)15-4-1-3-14(11-15)18(26)24-12-13-6-8-16(9-7-13)25-19(27)17-5-2-10-28-17/h1-11H,12H2,(H,24,26)(H,25,27). The van der Waals surface area contributed by atoms with Gasteiger partial charge in [-0.2, -0.15) is 13.2 Å². The summed E-state index contributed by atoms with van der Waals surface area (Å²) in [6.45, 7) is 0.126. The lowest BCUT2D eigenvalue weighted by Gasteiger charge is -2.10. The summed E-state index contributed by atoms with van der Waals surface area (Å²) in [7, 11) is 0. The minimum absolute atomic E-state index is 0.0721. The smallest absolute Gasteiger partial charge is 0.416 e. The zero-order valence-corrected chi connectivity index (χ0v) is 14.4. The number of hydrogen-bond donors (Lipinski definition) is 2. The fraction of sp³-hybridized carbons (Fsp3) is 0.100. The summed E-state index contributed by atoms with van der Waals surface area (Å²) in [6.07, 6.45) is -3.11. The van der Waals surface area contributed by atoms with Crippen LogP contribution in [0, 0.1) is 0 Å². The number of furan rings is 1. The predicted octanol–water partition coefficient (Wildman–Crippen LogP) is 4.48. The van der Waals surface area contributed by atoms with Gasteiger partial charge in [-0.1, -0.05) is 18.2 Å². The molecule has 2 aromatic carbocycles. The Hall–Kier alpha value is -3.55. The number of hydrogen-bond acceptors (Lipinski definition) is 3. The van der Waals surface area contributed by atoms with E-state index in [9.17, 15) is 22.8 Å². The Morgan fingerprint density at radius 1 is 0.929 bits per heavy atom. The second kappa shape index (κ2) is 7.99. The van der Waals surface area contributed by atoms with Crippen LogP contribution < -0.4 is 10.6 Å². The molecule has 0 fully saturated rings. The van der Waals surface area contributed by atoms with Gasteiger partial charge in [-0.3, -0.25) is 9.59 Å². The molecule has 0 bridgehead atoms. The average Bonchev–Trinajstić information content (AvgIpc) is 3.21. The molecule has 1 aromatic heterocycles. The number of alkyl halides is 3. The fourth-order valence-electron chi connectivity index (χ4n) is 2.43. The Morgan fingerprint density at radius 3 is 2.32 bits per heavy atom. The van der Waals surface area contributed by atoms with E-state index in [1.807, 2.05) is 0 Å². The number of halogens is 3. The zero-order valence-electron chi connectivity index (χ0n) is 14.4. The number of amides is 2. The normalized spacial score (nSPS) is 11.1. The zero-order chi connectivity index (χ0) is 20.1. The van der Waals surface area contributed by atoms with Crippen molar-refractivity contribution in [3.8, 4) is 0 Å². The van der Waals surface area contributed by atoms with Gasteiger partial charge in [-0.15, -0.1) is 0 Å². The minimum atomic E-state index is -4.51. The Kier molecular flexibility index (Phi) is 5.49. The van der Waals surface area contributed by atoms with Crippen molar-refractivity contribution in [3.63, 3.8) is 0 Å². The van der Waals surface area contributed by atoms with E-state index < -0.39 is 23.6 Å². The molecule has 2 amide bonds. The third-order valence-electron chi connectivity index (χ3n) is 3.86. The highest BCUT2D eigenvalue weighted by Crippen LogP contribution is 2.29. The van der Waals surface area contributed by atoms with Crippen LogP contribution >= 0.6 is 0 Å². The first kappa shape index (κ1) is 19.2. The molecule has 1 heterocycles. The maximum absolute atomic E-state index is 12.7. The Bertz CT molecular complexity index is 965. The Balaban J connectivity index is 1.57. The second-order valence-electron chi connectivity index (χ2n) is 5.89. The molecule has 0 saturated heterocycles. The SMILES string of the molecule is O=C(NCc1ccc(NC(=O)c2ccco2)cc1)c1cccc(C(F)(F)F)c1. The van der Waals surface area contributed by atoms with Crippen molar-refractivity contribution in [2.24, 2.45) is 0 Å². The number of anilines is 1. The fourth-order valence-corrected chi connectivity index (χ4v) is 2.43. The van der Waals surface area contributed by atoms with Gasteiger partial charge in [0.2, 0.25) is 0 Å². The molecule has 0 aliphatic heterocycles. The number of rotatable bonds is 5. The van der Waals surface area contributed by atoms with Gasteiger partial charge in [0, 0.05) is 17.8 Å². The lowest BCUT2D eigenvalue weighted by atomic mass is 10.1. The third-order valence-corrected chi connectivity index (χ3v) is 3.86. The van der Waals surface area contributed by atoms with Crippen LogP contribution in [0.1, 0.15) is 32.0 Å². The van der Waals surface area contributed by atoms with E-state index in [1.54, 1.807) is 30.3 Å². The van der Waals surface area contributed by atoms with Crippen molar-refractivity contribution >= 4 is 17.5 Å². The van der Waals surface area contributed by atoms with Gasteiger partial charge in [-0.25, -0.2) is 0 Å². The van der Waals surface area contributed by atoms with Crippen LogP contribution in [0.4, 0.5) is 18.9 Å². The number of benzene rings is 2. The summed E-state index contributed by atoms with van der Waals surface area (Å²) < 4.78 is 43.2. The van der Waals surface area contributed by atoms with E-state index in [-0.39, 0.29) is 17.9 Å². The topological polar surface area (TPSA) is 71.3 Å². The molecule has 0 unspecified atom stereocenters. The molecular weight excluding hydrogens is 373 g/mol. The second-order valence-corrected chi connectivity index (χ2v) is 5.89. The lowest BCUT2D eigenvalue weighted by molar-refractivity contribution is -0.137. The summed E-state index contributed by atoms with van der Waals surface area (Å²) in [5.74, 6) is -0.825. The van der Waals surface area contributed by atoms with Crippen LogP contribution in [0.15, 0.2) is 71.3 Å². The van der Waals surface area contributed by atoms with Gasteiger partial charge in [0.1, 0.15) is 0 Å². The van der Waals surface area contributed by atoms with E-state index in [2.05, 4.69) is 10.6 Å². The maximum Gasteiger partial charge on any atom is 0.416 e. The molecule has 28 heavy (non-hydrogen) atoms. The van der Waals surface area contributed by atoms with Gasteiger partial charge in [0.15, 0.2) is 5.76 Å². The van der Waals surface area contributed by atoms with Gasteiger partial charge in [-0.05, 0) is 48.0 Å². The van der Waals surface area contributed by atoms with Gasteiger partial charge >= 0.3 is 6.18 Å². The molecule has 0 atom stereocenters. The van der Waals surface area contributed by atoms with Crippen molar-refractivity contribution < 1.29 is 27.2 Å². The van der Waals surface area contributed by atoms with Crippen molar-refractivity contribution in [1.29, 1.82) is 0 Å². The highest BCUT2D eigenvalue weighted by molar-refractivity contribution is 6.02. The van der Waals surface area contributed by atoms with Crippen molar-refractivity contribution in [2.75, 3.05) is 5.32 Å². The molecular formula is C20H15F3N2O3. The molecule has 0 aliphatic carbocycles. The van der Waals surface area contributed by atoms with E-state index in [1.165, 1.54) is 24.5 Å². The van der Waals surface area contributed by atoms with Gasteiger partial charge in [0.05, 0.1) is 11.8 Å². The number of carbonyl (C=O) groups excluding carboxylic acids is 2. The van der Waals surface area contributed by atoms with Crippen LogP contribution in [-0.2, 0) is 12.7 Å². The summed E-state index contributed by atoms with van der Waals surface area (Å²) in [5, 5.41) is 5.22. The molecule has 3 aromatic rings. The monoisotopic (exact) mass is 388 g/mol. The lowest BCUT2D eigenvalue weighted by Crippen LogP contribution is -2.23. The predicted molar refractivity (Wildman–Crippen MR) is 95.7 cm³/mol. The first-order chi connectivity index (χ1) is 13.3. The van der Waals surface area contributed by atoms with E-state index in [0.717, 1.165) is 17.7 Å². The molecule has 0 aliphatic rings. The highest BCUT2D eigenvalue weighted by Gasteiger charge is 2.30. The first-order valence-corrected chi connectivity index (χ1v) is 8.22. The Labute approximate surface area is 158 Å². The molecule has 5 nitrogen and oxygen atoms in total. The molecule has 2 N–H and O–H groups in total. The summed E-state index contributed by atoms with van der Waals surface area (Å²) in [5.41, 5.74) is 0.305. The van der Waals surface area contributed by atoms with E-state index in [0.29, 0.717) is 5.69 Å². The summed E-state index contributed by atoms with van der Waals surface area (Å²) >= 11 is 0. The van der Waals surface area contributed by atoms with Crippen molar-refractivity contribution in [3.05, 3.63) is 89.4 Å². The molecule has 0 radical (unpaired) electrons. The first-order valence-electron chi connectivity index (χ1n) is 8.22. The van der Waals surface area contributed by atoms with Crippen LogP contribution in [0.3, 0.4) is 0 Å². The Morgan fingerprint density at radius 2 is 1.68 bits per heavy atom.